The maximum Gasteiger partial charge on any atom is 0.192 e. The molecule has 146 valence electrons. The van der Waals surface area contributed by atoms with Crippen LogP contribution in [0.1, 0.15) is 41.7 Å². The number of aromatic nitrogens is 4. The van der Waals surface area contributed by atoms with Gasteiger partial charge in [0.1, 0.15) is 0 Å². The van der Waals surface area contributed by atoms with Crippen molar-refractivity contribution < 1.29 is 4.79 Å². The van der Waals surface area contributed by atoms with Gasteiger partial charge in [0.25, 0.3) is 0 Å². The van der Waals surface area contributed by atoms with E-state index in [2.05, 4.69) is 38.8 Å². The number of carbonyl (C=O) groups excluding carboxylic acids is 1. The first-order valence-corrected chi connectivity index (χ1v) is 11.0. The van der Waals surface area contributed by atoms with Crippen LogP contribution in [0.25, 0.3) is 22.3 Å². The third-order valence-corrected chi connectivity index (χ3v) is 6.37. The Morgan fingerprint density at radius 3 is 2.69 bits per heavy atom. The third kappa shape index (κ3) is 3.49. The van der Waals surface area contributed by atoms with Crippen molar-refractivity contribution in [2.75, 3.05) is 5.75 Å². The minimum absolute atomic E-state index is 0.122. The van der Waals surface area contributed by atoms with E-state index in [1.54, 1.807) is 0 Å². The van der Waals surface area contributed by atoms with Gasteiger partial charge in [0.15, 0.2) is 16.8 Å². The van der Waals surface area contributed by atoms with Crippen LogP contribution in [0.5, 0.6) is 0 Å². The predicted octanol–water partition coefficient (Wildman–Crippen LogP) is 5.30. The van der Waals surface area contributed by atoms with Crippen LogP contribution in [-0.2, 0) is 6.42 Å². The predicted molar refractivity (Wildman–Crippen MR) is 116 cm³/mol. The smallest absolute Gasteiger partial charge is 0.192 e. The van der Waals surface area contributed by atoms with Crippen molar-refractivity contribution in [2.24, 2.45) is 0 Å². The first-order valence-electron chi connectivity index (χ1n) is 10.0. The molecule has 1 N–H and O–H groups in total. The number of aromatic amines is 1. The summed E-state index contributed by atoms with van der Waals surface area (Å²) in [6.45, 7) is 2.11. The maximum atomic E-state index is 12.6. The van der Waals surface area contributed by atoms with Crippen LogP contribution in [0.2, 0.25) is 0 Å². The highest BCUT2D eigenvalue weighted by Crippen LogP contribution is 2.42. The van der Waals surface area contributed by atoms with Crippen LogP contribution in [0.3, 0.4) is 0 Å². The summed E-state index contributed by atoms with van der Waals surface area (Å²) in [6, 6.07) is 16.5. The largest absolute Gasteiger partial charge is 0.360 e. The Hall–Kier alpha value is -2.86. The molecule has 0 spiro atoms. The first kappa shape index (κ1) is 18.2. The number of nitrogens with zero attached hydrogens (tertiary/aromatic N) is 3. The SMILES string of the molecule is CCc1ccc(C(=O)CSc2nnc(-c3c[nH]c4ccccc34)n2C2CC2)cc1. The maximum absolute atomic E-state index is 12.6. The molecule has 6 heteroatoms. The van der Waals surface area contributed by atoms with Crippen molar-refractivity contribution in [3.63, 3.8) is 0 Å². The summed E-state index contributed by atoms with van der Waals surface area (Å²) in [4.78, 5) is 16.0. The number of benzene rings is 2. The Kier molecular flexibility index (Phi) is 4.72. The van der Waals surface area contributed by atoms with Gasteiger partial charge < -0.3 is 4.98 Å². The van der Waals surface area contributed by atoms with E-state index in [9.17, 15) is 4.79 Å². The summed E-state index contributed by atoms with van der Waals surface area (Å²) in [5.41, 5.74) is 4.15. The quantitative estimate of drug-likeness (QED) is 0.337. The molecule has 0 saturated heterocycles. The Balaban J connectivity index is 1.40. The number of Topliss-reactive ketones (excluding diaryl/α,β-unsaturated/α-hetero) is 1. The molecule has 0 amide bonds. The lowest BCUT2D eigenvalue weighted by molar-refractivity contribution is 0.102. The number of H-pyrrole nitrogens is 1. The number of rotatable bonds is 7. The number of carbonyl (C=O) groups is 1. The molecule has 1 saturated carbocycles. The number of ketones is 1. The molecule has 2 aromatic heterocycles. The van der Waals surface area contributed by atoms with Gasteiger partial charge in [-0.3, -0.25) is 9.36 Å². The molecular formula is C23H22N4OS. The fourth-order valence-corrected chi connectivity index (χ4v) is 4.52. The molecule has 0 radical (unpaired) electrons. The summed E-state index contributed by atoms with van der Waals surface area (Å²) in [5.74, 6) is 1.37. The standard InChI is InChI=1S/C23H22N4OS/c1-2-15-7-9-16(10-8-15)21(28)14-29-23-26-25-22(27(23)17-11-12-17)19-13-24-20-6-4-3-5-18(19)20/h3-10,13,17,24H,2,11-12,14H2,1H3. The second-order valence-corrected chi connectivity index (χ2v) is 8.36. The van der Waals surface area contributed by atoms with Crippen molar-refractivity contribution in [2.45, 2.75) is 37.4 Å². The van der Waals surface area contributed by atoms with E-state index in [0.717, 1.165) is 52.3 Å². The summed E-state index contributed by atoms with van der Waals surface area (Å²) in [6.07, 6.45) is 5.24. The average Bonchev–Trinajstić information content (AvgIpc) is 3.38. The Bertz CT molecular complexity index is 1170. The van der Waals surface area contributed by atoms with E-state index in [0.29, 0.717) is 11.8 Å². The van der Waals surface area contributed by atoms with Crippen molar-refractivity contribution in [1.29, 1.82) is 0 Å². The van der Waals surface area contributed by atoms with Crippen LogP contribution in [-0.4, -0.2) is 31.3 Å². The van der Waals surface area contributed by atoms with Crippen molar-refractivity contribution in [3.8, 4) is 11.4 Å². The van der Waals surface area contributed by atoms with Gasteiger partial charge in [-0.15, -0.1) is 10.2 Å². The van der Waals surface area contributed by atoms with Gasteiger partial charge in [-0.1, -0.05) is 61.2 Å². The molecule has 4 aromatic rings. The van der Waals surface area contributed by atoms with E-state index in [4.69, 9.17) is 0 Å². The molecule has 1 aliphatic rings. The van der Waals surface area contributed by atoms with Gasteiger partial charge >= 0.3 is 0 Å². The van der Waals surface area contributed by atoms with Gasteiger partial charge in [0.05, 0.1) is 5.75 Å². The lowest BCUT2D eigenvalue weighted by atomic mass is 10.1. The van der Waals surface area contributed by atoms with Crippen molar-refractivity contribution in [3.05, 3.63) is 65.9 Å². The number of hydrogen-bond acceptors (Lipinski definition) is 4. The molecule has 5 nitrogen and oxygen atoms in total. The number of para-hydroxylation sites is 1. The number of nitrogens with one attached hydrogen (secondary N) is 1. The van der Waals surface area contributed by atoms with E-state index in [-0.39, 0.29) is 5.78 Å². The van der Waals surface area contributed by atoms with Gasteiger partial charge in [0, 0.05) is 34.3 Å². The molecule has 0 atom stereocenters. The Morgan fingerprint density at radius 1 is 1.14 bits per heavy atom. The van der Waals surface area contributed by atoms with Gasteiger partial charge in [0.2, 0.25) is 0 Å². The molecule has 0 unspecified atom stereocenters. The molecule has 1 fully saturated rings. The fourth-order valence-electron chi connectivity index (χ4n) is 3.62. The van der Waals surface area contributed by atoms with E-state index < -0.39 is 0 Å². The highest BCUT2D eigenvalue weighted by atomic mass is 32.2. The summed E-state index contributed by atoms with van der Waals surface area (Å²) < 4.78 is 2.22. The number of fused-ring (bicyclic) bond motifs is 1. The molecule has 5 rings (SSSR count). The highest BCUT2D eigenvalue weighted by Gasteiger charge is 2.31. The minimum Gasteiger partial charge on any atom is -0.360 e. The minimum atomic E-state index is 0.122. The first-order chi connectivity index (χ1) is 14.2. The zero-order chi connectivity index (χ0) is 19.8. The Labute approximate surface area is 173 Å². The second-order valence-electron chi connectivity index (χ2n) is 7.42. The van der Waals surface area contributed by atoms with Gasteiger partial charge in [-0.2, -0.15) is 0 Å². The summed E-state index contributed by atoms with van der Waals surface area (Å²) in [7, 11) is 0. The number of hydrogen-bond donors (Lipinski definition) is 1. The fraction of sp³-hybridized carbons (Fsp3) is 0.261. The highest BCUT2D eigenvalue weighted by molar-refractivity contribution is 7.99. The topological polar surface area (TPSA) is 63.6 Å². The Morgan fingerprint density at radius 2 is 1.93 bits per heavy atom. The van der Waals surface area contributed by atoms with E-state index in [1.165, 1.54) is 17.3 Å². The molecule has 2 aromatic carbocycles. The van der Waals surface area contributed by atoms with Crippen LogP contribution in [0, 0.1) is 0 Å². The van der Waals surface area contributed by atoms with Gasteiger partial charge in [-0.25, -0.2) is 0 Å². The zero-order valence-corrected chi connectivity index (χ0v) is 17.1. The molecule has 2 heterocycles. The molecule has 29 heavy (non-hydrogen) atoms. The van der Waals surface area contributed by atoms with Crippen molar-refractivity contribution >= 4 is 28.4 Å². The zero-order valence-electron chi connectivity index (χ0n) is 16.3. The summed E-state index contributed by atoms with van der Waals surface area (Å²) >= 11 is 1.48. The van der Waals surface area contributed by atoms with Crippen molar-refractivity contribution in [1.82, 2.24) is 19.7 Å². The van der Waals surface area contributed by atoms with Crippen LogP contribution >= 0.6 is 11.8 Å². The average molecular weight is 403 g/mol. The summed E-state index contributed by atoms with van der Waals surface area (Å²) in [5, 5.41) is 10.9. The monoisotopic (exact) mass is 402 g/mol. The number of thioether (sulfide) groups is 1. The van der Waals surface area contributed by atoms with Crippen LogP contribution in [0.4, 0.5) is 0 Å². The molecule has 1 aliphatic carbocycles. The van der Waals surface area contributed by atoms with E-state index in [1.807, 2.05) is 42.6 Å². The molecule has 0 bridgehead atoms. The van der Waals surface area contributed by atoms with Crippen LogP contribution in [0.15, 0.2) is 59.9 Å². The van der Waals surface area contributed by atoms with E-state index >= 15 is 0 Å². The lowest BCUT2D eigenvalue weighted by Gasteiger charge is -2.08. The normalized spacial score (nSPS) is 13.8. The third-order valence-electron chi connectivity index (χ3n) is 5.42. The second kappa shape index (κ2) is 7.52. The van der Waals surface area contributed by atoms with Crippen LogP contribution < -0.4 is 0 Å². The lowest BCUT2D eigenvalue weighted by Crippen LogP contribution is -2.05. The molecular weight excluding hydrogens is 380 g/mol. The molecule has 0 aliphatic heterocycles. The number of aryl methyl sites for hydroxylation is 1. The van der Waals surface area contributed by atoms with Gasteiger partial charge in [-0.05, 0) is 30.9 Å².